The van der Waals surface area contributed by atoms with Gasteiger partial charge in [0.15, 0.2) is 5.82 Å². The van der Waals surface area contributed by atoms with Gasteiger partial charge in [0.1, 0.15) is 11.0 Å². The third-order valence-electron chi connectivity index (χ3n) is 5.49. The number of ether oxygens (including phenoxy) is 1. The van der Waals surface area contributed by atoms with Crippen molar-refractivity contribution >= 4 is 20.9 Å². The molecular weight excluding hydrogens is 428 g/mol. The molecule has 1 aliphatic rings. The Balaban J connectivity index is 1.27. The first-order chi connectivity index (χ1) is 15.5. The number of nitrogens with zero attached hydrogens (tertiary/aromatic N) is 6. The smallest absolute Gasteiger partial charge is 0.245 e. The largest absolute Gasteiger partial charge is 0.473 e. The molecule has 32 heavy (non-hydrogen) atoms. The number of para-hydroxylation sites is 1. The number of aryl methyl sites for hydroxylation is 1. The van der Waals surface area contributed by atoms with E-state index in [4.69, 9.17) is 4.74 Å². The summed E-state index contributed by atoms with van der Waals surface area (Å²) in [4.78, 5) is 4.73. The number of rotatable bonds is 5. The van der Waals surface area contributed by atoms with Crippen LogP contribution in [0.25, 0.3) is 16.7 Å². The van der Waals surface area contributed by atoms with Crippen LogP contribution in [-0.2, 0) is 10.0 Å². The zero-order chi connectivity index (χ0) is 22.1. The number of fused-ring (bicyclic) bond motifs is 1. The molecule has 164 valence electrons. The van der Waals surface area contributed by atoms with Gasteiger partial charge in [-0.05, 0) is 44.0 Å². The lowest BCUT2D eigenvalue weighted by atomic mass is 10.1. The molecule has 10 heteroatoms. The maximum atomic E-state index is 13.3. The highest BCUT2D eigenvalue weighted by atomic mass is 32.2. The standard InChI is InChI=1S/C22H22N6O3S/c1-16-6-7-17-4-2-5-19(22(17)24-16)32(29,30)27-14-10-18(11-15-27)31-21-9-8-20(25-26-21)28-13-3-12-23-28/h2-9,12-13,18H,10-11,14-15H2,1H3. The van der Waals surface area contributed by atoms with Gasteiger partial charge in [-0.1, -0.05) is 18.2 Å². The Morgan fingerprint density at radius 3 is 2.56 bits per heavy atom. The SMILES string of the molecule is Cc1ccc2cccc(S(=O)(=O)N3CCC(Oc4ccc(-n5cccn5)nn4)CC3)c2n1. The van der Waals surface area contributed by atoms with Crippen LogP contribution in [0.5, 0.6) is 5.88 Å². The lowest BCUT2D eigenvalue weighted by Crippen LogP contribution is -2.41. The van der Waals surface area contributed by atoms with E-state index in [1.165, 1.54) is 4.31 Å². The van der Waals surface area contributed by atoms with Crippen molar-refractivity contribution in [3.8, 4) is 11.7 Å². The summed E-state index contributed by atoms with van der Waals surface area (Å²) < 4.78 is 35.8. The molecule has 0 aliphatic carbocycles. The van der Waals surface area contributed by atoms with Crippen LogP contribution in [0, 0.1) is 6.92 Å². The van der Waals surface area contributed by atoms with Crippen LogP contribution >= 0.6 is 0 Å². The number of sulfonamides is 1. The number of hydrogen-bond acceptors (Lipinski definition) is 7. The molecule has 1 aromatic carbocycles. The Kier molecular flexibility index (Phi) is 5.32. The second kappa shape index (κ2) is 8.29. The molecule has 1 fully saturated rings. The number of hydrogen-bond donors (Lipinski definition) is 0. The average Bonchev–Trinajstić information content (AvgIpc) is 3.34. The van der Waals surface area contributed by atoms with E-state index < -0.39 is 10.0 Å². The van der Waals surface area contributed by atoms with Gasteiger partial charge in [0.25, 0.3) is 0 Å². The highest BCUT2D eigenvalue weighted by Gasteiger charge is 2.31. The Labute approximate surface area is 185 Å². The number of aromatic nitrogens is 5. The highest BCUT2D eigenvalue weighted by molar-refractivity contribution is 7.89. The van der Waals surface area contributed by atoms with Crippen LogP contribution < -0.4 is 4.74 Å². The van der Waals surface area contributed by atoms with Crippen molar-refractivity contribution in [3.05, 3.63) is 66.6 Å². The molecule has 1 aliphatic heterocycles. The summed E-state index contributed by atoms with van der Waals surface area (Å²) >= 11 is 0. The summed E-state index contributed by atoms with van der Waals surface area (Å²) in [6.45, 7) is 2.60. The molecule has 4 heterocycles. The van der Waals surface area contributed by atoms with Crippen molar-refractivity contribution in [1.29, 1.82) is 0 Å². The third-order valence-corrected chi connectivity index (χ3v) is 7.42. The molecule has 0 N–H and O–H groups in total. The zero-order valence-corrected chi connectivity index (χ0v) is 18.3. The van der Waals surface area contributed by atoms with E-state index >= 15 is 0 Å². The minimum absolute atomic E-state index is 0.126. The summed E-state index contributed by atoms with van der Waals surface area (Å²) in [6, 6.07) is 14.4. The Morgan fingerprint density at radius 1 is 1.00 bits per heavy atom. The average molecular weight is 451 g/mol. The van der Waals surface area contributed by atoms with E-state index in [2.05, 4.69) is 20.3 Å². The summed E-state index contributed by atoms with van der Waals surface area (Å²) in [6.07, 6.45) is 4.47. The Morgan fingerprint density at radius 2 is 1.84 bits per heavy atom. The molecule has 9 nitrogen and oxygen atoms in total. The molecule has 0 saturated carbocycles. The van der Waals surface area contributed by atoms with Gasteiger partial charge in [-0.2, -0.15) is 9.40 Å². The minimum atomic E-state index is -3.65. The number of piperidine rings is 1. The van der Waals surface area contributed by atoms with E-state index in [1.54, 1.807) is 41.3 Å². The first-order valence-electron chi connectivity index (χ1n) is 10.4. The molecule has 0 bridgehead atoms. The van der Waals surface area contributed by atoms with Crippen molar-refractivity contribution in [2.75, 3.05) is 13.1 Å². The molecule has 3 aromatic heterocycles. The van der Waals surface area contributed by atoms with Gasteiger partial charge in [-0.15, -0.1) is 10.2 Å². The Hall–Kier alpha value is -3.37. The fourth-order valence-corrected chi connectivity index (χ4v) is 5.46. The maximum Gasteiger partial charge on any atom is 0.245 e. The van der Waals surface area contributed by atoms with Crippen LogP contribution in [0.2, 0.25) is 0 Å². The lowest BCUT2D eigenvalue weighted by Gasteiger charge is -2.31. The topological polar surface area (TPSA) is 103 Å². The van der Waals surface area contributed by atoms with Gasteiger partial charge >= 0.3 is 0 Å². The second-order valence-electron chi connectivity index (χ2n) is 7.68. The molecule has 1 saturated heterocycles. The molecule has 0 amide bonds. The second-order valence-corrected chi connectivity index (χ2v) is 9.59. The number of benzene rings is 1. The predicted octanol–water partition coefficient (Wildman–Crippen LogP) is 2.75. The minimum Gasteiger partial charge on any atom is -0.473 e. The number of pyridine rings is 1. The molecule has 0 radical (unpaired) electrons. The Bertz CT molecular complexity index is 1330. The van der Waals surface area contributed by atoms with Crippen LogP contribution in [-0.4, -0.2) is 56.9 Å². The first-order valence-corrected chi connectivity index (χ1v) is 11.8. The summed E-state index contributed by atoms with van der Waals surface area (Å²) in [5.41, 5.74) is 1.30. The monoisotopic (exact) mass is 450 g/mol. The van der Waals surface area contributed by atoms with Crippen LogP contribution in [0.15, 0.2) is 65.8 Å². The van der Waals surface area contributed by atoms with Gasteiger partial charge in [-0.3, -0.25) is 4.98 Å². The van der Waals surface area contributed by atoms with Crippen LogP contribution in [0.4, 0.5) is 0 Å². The van der Waals surface area contributed by atoms with Crippen LogP contribution in [0.3, 0.4) is 0 Å². The van der Waals surface area contributed by atoms with Gasteiger partial charge in [0.05, 0.1) is 5.52 Å². The van der Waals surface area contributed by atoms with E-state index in [0.29, 0.717) is 43.1 Å². The van der Waals surface area contributed by atoms with Crippen molar-refractivity contribution in [2.24, 2.45) is 0 Å². The maximum absolute atomic E-state index is 13.3. The van der Waals surface area contributed by atoms with E-state index in [0.717, 1.165) is 11.1 Å². The van der Waals surface area contributed by atoms with Gasteiger partial charge in [-0.25, -0.2) is 13.1 Å². The van der Waals surface area contributed by atoms with Gasteiger partial charge in [0.2, 0.25) is 15.9 Å². The summed E-state index contributed by atoms with van der Waals surface area (Å²) in [5.74, 6) is 1.01. The molecule has 0 atom stereocenters. The zero-order valence-electron chi connectivity index (χ0n) is 17.5. The molecular formula is C22H22N6O3S. The first kappa shape index (κ1) is 20.5. The third kappa shape index (κ3) is 3.94. The molecule has 5 rings (SSSR count). The van der Waals surface area contributed by atoms with Crippen LogP contribution in [0.1, 0.15) is 18.5 Å². The molecule has 0 spiro atoms. The summed E-state index contributed by atoms with van der Waals surface area (Å²) in [7, 11) is -3.65. The normalized spacial score (nSPS) is 15.8. The molecule has 0 unspecified atom stereocenters. The van der Waals surface area contributed by atoms with E-state index in [-0.39, 0.29) is 11.0 Å². The van der Waals surface area contributed by atoms with Crippen molar-refractivity contribution in [1.82, 2.24) is 29.3 Å². The molecule has 4 aromatic rings. The van der Waals surface area contributed by atoms with Gasteiger partial charge < -0.3 is 4.74 Å². The predicted molar refractivity (Wildman–Crippen MR) is 118 cm³/mol. The quantitative estimate of drug-likeness (QED) is 0.461. The fourth-order valence-electron chi connectivity index (χ4n) is 3.83. The van der Waals surface area contributed by atoms with Crippen molar-refractivity contribution in [3.63, 3.8) is 0 Å². The van der Waals surface area contributed by atoms with Crippen molar-refractivity contribution in [2.45, 2.75) is 30.8 Å². The van der Waals surface area contributed by atoms with Gasteiger partial charge in [0, 0.05) is 42.6 Å². The van der Waals surface area contributed by atoms with E-state index in [9.17, 15) is 8.42 Å². The van der Waals surface area contributed by atoms with Crippen molar-refractivity contribution < 1.29 is 13.2 Å². The lowest BCUT2D eigenvalue weighted by molar-refractivity contribution is 0.128. The van der Waals surface area contributed by atoms with E-state index in [1.807, 2.05) is 31.2 Å². The summed E-state index contributed by atoms with van der Waals surface area (Å²) in [5, 5.41) is 13.2. The highest BCUT2D eigenvalue weighted by Crippen LogP contribution is 2.27. The fraction of sp³-hybridized carbons (Fsp3) is 0.273.